The summed E-state index contributed by atoms with van der Waals surface area (Å²) in [5, 5.41) is 0. The van der Waals surface area contributed by atoms with Crippen LogP contribution in [0.15, 0.2) is 94.2 Å². The first-order chi connectivity index (χ1) is 16.3. The van der Waals surface area contributed by atoms with Crippen LogP contribution in [0.4, 0.5) is 0 Å². The number of furan rings is 2. The largest absolute Gasteiger partial charge is 0.463 e. The fourth-order valence-corrected chi connectivity index (χ4v) is 4.48. The van der Waals surface area contributed by atoms with Crippen molar-refractivity contribution >= 4 is 16.9 Å². The predicted molar refractivity (Wildman–Crippen MR) is 125 cm³/mol. The second-order valence-electron chi connectivity index (χ2n) is 8.23. The molecule has 5 aromatic rings. The van der Waals surface area contributed by atoms with Crippen molar-refractivity contribution in [2.24, 2.45) is 0 Å². The smallest absolute Gasteiger partial charge is 0.253 e. The summed E-state index contributed by atoms with van der Waals surface area (Å²) in [6, 6.07) is 23.2. The van der Waals surface area contributed by atoms with Gasteiger partial charge in [0.2, 0.25) is 0 Å². The Kier molecular flexibility index (Phi) is 4.76. The van der Waals surface area contributed by atoms with Gasteiger partial charge in [-0.25, -0.2) is 9.97 Å². The summed E-state index contributed by atoms with van der Waals surface area (Å²) in [6.07, 6.45) is 4.18. The fraction of sp³-hybridized carbons (Fsp3) is 0.148. The summed E-state index contributed by atoms with van der Waals surface area (Å²) in [5.41, 5.74) is 4.41. The summed E-state index contributed by atoms with van der Waals surface area (Å²) >= 11 is 0. The van der Waals surface area contributed by atoms with E-state index in [1.807, 2.05) is 53.4 Å². The van der Waals surface area contributed by atoms with Crippen molar-refractivity contribution < 1.29 is 13.6 Å². The number of amides is 1. The number of aromatic nitrogens is 2. The first-order valence-electron chi connectivity index (χ1n) is 11.0. The number of carbonyl (C=O) groups excluding carboxylic acids is 1. The van der Waals surface area contributed by atoms with Crippen LogP contribution in [0.3, 0.4) is 0 Å². The van der Waals surface area contributed by atoms with Crippen molar-refractivity contribution in [3.05, 3.63) is 96.4 Å². The Balaban J connectivity index is 1.34. The van der Waals surface area contributed by atoms with Crippen molar-refractivity contribution in [2.45, 2.75) is 12.3 Å². The molecule has 2 aromatic carbocycles. The molecule has 1 amide bonds. The van der Waals surface area contributed by atoms with E-state index in [4.69, 9.17) is 18.8 Å². The molecule has 0 saturated carbocycles. The number of likely N-dealkylation sites (tertiary alicyclic amines) is 1. The second-order valence-corrected chi connectivity index (χ2v) is 8.23. The molecule has 3 aromatic heterocycles. The molecular weight excluding hydrogens is 414 g/mol. The Morgan fingerprint density at radius 3 is 2.18 bits per heavy atom. The molecule has 4 heterocycles. The van der Waals surface area contributed by atoms with Crippen LogP contribution in [0.5, 0.6) is 0 Å². The highest BCUT2D eigenvalue weighted by Gasteiger charge is 2.28. The van der Waals surface area contributed by atoms with E-state index < -0.39 is 0 Å². The zero-order valence-corrected chi connectivity index (χ0v) is 17.8. The van der Waals surface area contributed by atoms with E-state index in [0.29, 0.717) is 45.4 Å². The van der Waals surface area contributed by atoms with Gasteiger partial charge in [-0.15, -0.1) is 0 Å². The quantitative estimate of drug-likeness (QED) is 0.358. The minimum atomic E-state index is 0.0202. The Labute approximate surface area is 190 Å². The van der Waals surface area contributed by atoms with Crippen molar-refractivity contribution in [1.29, 1.82) is 0 Å². The molecule has 6 heteroatoms. The molecule has 33 heavy (non-hydrogen) atoms. The SMILES string of the molecule is O=C(c1ccc2nc(-c3ccco3)c(-c3ccco3)nc2c1)N1CC[C@H](c2ccccc2)C1. The monoisotopic (exact) mass is 435 g/mol. The van der Waals surface area contributed by atoms with E-state index in [1.54, 1.807) is 12.5 Å². The number of hydrogen-bond acceptors (Lipinski definition) is 5. The molecule has 1 saturated heterocycles. The van der Waals surface area contributed by atoms with Crippen molar-refractivity contribution in [3.63, 3.8) is 0 Å². The first kappa shape index (κ1) is 19.5. The average Bonchev–Trinajstić information content (AvgIpc) is 3.65. The van der Waals surface area contributed by atoms with E-state index in [9.17, 15) is 4.79 Å². The van der Waals surface area contributed by atoms with Crippen LogP contribution in [-0.2, 0) is 0 Å². The van der Waals surface area contributed by atoms with Crippen LogP contribution in [0.1, 0.15) is 28.3 Å². The standard InChI is InChI=1S/C27H21N3O3/c31-27(30-13-12-20(17-30)18-6-2-1-3-7-18)19-10-11-21-22(16-19)29-26(24-9-5-15-33-24)25(28-21)23-8-4-14-32-23/h1-11,14-16,20H,12-13,17H2/t20-/m0/s1. The van der Waals surface area contributed by atoms with Gasteiger partial charge in [0, 0.05) is 24.6 Å². The minimum Gasteiger partial charge on any atom is -0.463 e. The lowest BCUT2D eigenvalue weighted by molar-refractivity contribution is 0.0791. The van der Waals surface area contributed by atoms with Crippen molar-refractivity contribution in [3.8, 4) is 22.9 Å². The molecular formula is C27H21N3O3. The third-order valence-electron chi connectivity index (χ3n) is 6.17. The summed E-state index contributed by atoms with van der Waals surface area (Å²) in [5.74, 6) is 1.60. The van der Waals surface area contributed by atoms with E-state index in [0.717, 1.165) is 19.5 Å². The van der Waals surface area contributed by atoms with Gasteiger partial charge in [-0.3, -0.25) is 4.79 Å². The highest BCUT2D eigenvalue weighted by Crippen LogP contribution is 2.32. The Bertz CT molecular complexity index is 1410. The predicted octanol–water partition coefficient (Wildman–Crippen LogP) is 5.78. The third kappa shape index (κ3) is 3.59. The number of rotatable bonds is 4. The van der Waals surface area contributed by atoms with Crippen LogP contribution in [0.2, 0.25) is 0 Å². The highest BCUT2D eigenvalue weighted by molar-refractivity contribution is 5.98. The van der Waals surface area contributed by atoms with Crippen LogP contribution < -0.4 is 0 Å². The zero-order valence-electron chi connectivity index (χ0n) is 17.8. The summed E-state index contributed by atoms with van der Waals surface area (Å²) in [6.45, 7) is 1.47. The molecule has 0 N–H and O–H groups in total. The molecule has 162 valence electrons. The number of carbonyl (C=O) groups is 1. The van der Waals surface area contributed by atoms with Gasteiger partial charge in [0.25, 0.3) is 5.91 Å². The van der Waals surface area contributed by atoms with Crippen LogP contribution in [0, 0.1) is 0 Å². The molecule has 0 spiro atoms. The van der Waals surface area contributed by atoms with Crippen LogP contribution in [-0.4, -0.2) is 33.9 Å². The van der Waals surface area contributed by atoms with Crippen molar-refractivity contribution in [2.75, 3.05) is 13.1 Å². The maximum Gasteiger partial charge on any atom is 0.253 e. The van der Waals surface area contributed by atoms with Gasteiger partial charge in [-0.05, 0) is 54.4 Å². The van der Waals surface area contributed by atoms with Gasteiger partial charge in [-0.2, -0.15) is 0 Å². The molecule has 1 atom stereocenters. The average molecular weight is 435 g/mol. The van der Waals surface area contributed by atoms with Crippen molar-refractivity contribution in [1.82, 2.24) is 14.9 Å². The normalized spacial score (nSPS) is 15.9. The van der Waals surface area contributed by atoms with E-state index >= 15 is 0 Å². The van der Waals surface area contributed by atoms with Gasteiger partial charge < -0.3 is 13.7 Å². The number of hydrogen-bond donors (Lipinski definition) is 0. The summed E-state index contributed by atoms with van der Waals surface area (Å²) in [7, 11) is 0. The molecule has 0 unspecified atom stereocenters. The van der Waals surface area contributed by atoms with E-state index in [2.05, 4.69) is 24.3 Å². The number of nitrogens with zero attached hydrogens (tertiary/aromatic N) is 3. The zero-order chi connectivity index (χ0) is 22.2. The third-order valence-corrected chi connectivity index (χ3v) is 6.17. The topological polar surface area (TPSA) is 72.4 Å². The molecule has 1 fully saturated rings. The number of benzene rings is 2. The molecule has 0 aliphatic carbocycles. The first-order valence-corrected chi connectivity index (χ1v) is 11.0. The second kappa shape index (κ2) is 8.06. The van der Waals surface area contributed by atoms with Crippen LogP contribution >= 0.6 is 0 Å². The summed E-state index contributed by atoms with van der Waals surface area (Å²) < 4.78 is 11.2. The van der Waals surface area contributed by atoms with Gasteiger partial charge in [-0.1, -0.05) is 30.3 Å². The maximum absolute atomic E-state index is 13.3. The van der Waals surface area contributed by atoms with Gasteiger partial charge in [0.15, 0.2) is 11.5 Å². The minimum absolute atomic E-state index is 0.0202. The van der Waals surface area contributed by atoms with Gasteiger partial charge in [0.1, 0.15) is 11.4 Å². The fourth-order valence-electron chi connectivity index (χ4n) is 4.48. The van der Waals surface area contributed by atoms with Crippen LogP contribution in [0.25, 0.3) is 33.9 Å². The molecule has 6 nitrogen and oxygen atoms in total. The molecule has 0 radical (unpaired) electrons. The molecule has 6 rings (SSSR count). The lowest BCUT2D eigenvalue weighted by Gasteiger charge is -2.17. The van der Waals surface area contributed by atoms with Gasteiger partial charge in [0.05, 0.1) is 23.6 Å². The maximum atomic E-state index is 13.3. The summed E-state index contributed by atoms with van der Waals surface area (Å²) in [4.78, 5) is 24.8. The molecule has 1 aliphatic rings. The lowest BCUT2D eigenvalue weighted by atomic mass is 9.99. The lowest BCUT2D eigenvalue weighted by Crippen LogP contribution is -2.28. The highest BCUT2D eigenvalue weighted by atomic mass is 16.3. The molecule has 1 aliphatic heterocycles. The Morgan fingerprint density at radius 2 is 1.52 bits per heavy atom. The number of fused-ring (bicyclic) bond motifs is 1. The molecule has 0 bridgehead atoms. The Hall–Kier alpha value is -4.19. The van der Waals surface area contributed by atoms with Gasteiger partial charge >= 0.3 is 0 Å². The Morgan fingerprint density at radius 1 is 0.818 bits per heavy atom. The van der Waals surface area contributed by atoms with E-state index in [-0.39, 0.29) is 5.91 Å². The van der Waals surface area contributed by atoms with E-state index in [1.165, 1.54) is 5.56 Å².